The van der Waals surface area contributed by atoms with Crippen LogP contribution < -0.4 is 0 Å². The average Bonchev–Trinajstić information content (AvgIpc) is 2.20. The van der Waals surface area contributed by atoms with Crippen LogP contribution in [0.15, 0.2) is 0 Å². The summed E-state index contributed by atoms with van der Waals surface area (Å²) < 4.78 is 11.2. The number of rotatable bonds is 5. The van der Waals surface area contributed by atoms with Gasteiger partial charge in [0.05, 0.1) is 12.7 Å². The molecule has 1 aliphatic heterocycles. The molecule has 1 saturated heterocycles. The highest BCUT2D eigenvalue weighted by Gasteiger charge is 2.17. The summed E-state index contributed by atoms with van der Waals surface area (Å²) in [6.07, 6.45) is 2.53. The average molecular weight is 218 g/mol. The second-order valence-electron chi connectivity index (χ2n) is 4.33. The van der Waals surface area contributed by atoms with E-state index in [4.69, 9.17) is 9.47 Å². The van der Waals surface area contributed by atoms with Crippen LogP contribution in [0.1, 0.15) is 26.7 Å². The fourth-order valence-corrected chi connectivity index (χ4v) is 2.09. The normalized spacial score (nSPS) is 21.4. The van der Waals surface area contributed by atoms with Crippen LogP contribution in [0.5, 0.6) is 0 Å². The van der Waals surface area contributed by atoms with Crippen molar-refractivity contribution >= 4 is 12.6 Å². The van der Waals surface area contributed by atoms with Gasteiger partial charge in [0.1, 0.15) is 0 Å². The molecule has 1 rings (SSSR count). The first-order chi connectivity index (χ1) is 6.74. The Balaban J connectivity index is 2.16. The van der Waals surface area contributed by atoms with Crippen molar-refractivity contribution < 1.29 is 9.47 Å². The molecule has 0 aromatic carbocycles. The van der Waals surface area contributed by atoms with Gasteiger partial charge in [-0.1, -0.05) is 13.8 Å². The lowest BCUT2D eigenvalue weighted by Gasteiger charge is -2.26. The predicted octanol–water partition coefficient (Wildman–Crippen LogP) is 2.38. The number of ether oxygens (including phenoxy) is 2. The number of thiol groups is 1. The van der Waals surface area contributed by atoms with Gasteiger partial charge in [-0.25, -0.2) is 0 Å². The smallest absolute Gasteiger partial charge is 0.0619 e. The third-order valence-electron chi connectivity index (χ3n) is 2.89. The standard InChI is InChI=1S/C11H22O2S/c1-9(2)10(8-14)7-13-11-3-5-12-6-4-11/h9-11,14H,3-8H2,1-2H3. The van der Waals surface area contributed by atoms with Crippen LogP contribution in [0.25, 0.3) is 0 Å². The molecule has 0 saturated carbocycles. The number of hydrogen-bond donors (Lipinski definition) is 1. The molecule has 1 heterocycles. The summed E-state index contributed by atoms with van der Waals surface area (Å²) in [6, 6.07) is 0. The molecule has 0 bridgehead atoms. The Morgan fingerprint density at radius 1 is 1.36 bits per heavy atom. The zero-order valence-electron chi connectivity index (χ0n) is 9.24. The maximum absolute atomic E-state index is 5.87. The van der Waals surface area contributed by atoms with Gasteiger partial charge in [0.25, 0.3) is 0 Å². The minimum absolute atomic E-state index is 0.421. The Kier molecular flexibility index (Phi) is 5.90. The molecular formula is C11H22O2S. The van der Waals surface area contributed by atoms with E-state index in [0.29, 0.717) is 17.9 Å². The zero-order valence-corrected chi connectivity index (χ0v) is 10.1. The van der Waals surface area contributed by atoms with Gasteiger partial charge in [0.15, 0.2) is 0 Å². The highest BCUT2D eigenvalue weighted by Crippen LogP contribution is 2.17. The summed E-state index contributed by atoms with van der Waals surface area (Å²) in [7, 11) is 0. The Labute approximate surface area is 92.8 Å². The van der Waals surface area contributed by atoms with E-state index in [9.17, 15) is 0 Å². The Morgan fingerprint density at radius 3 is 2.50 bits per heavy atom. The molecule has 1 fully saturated rings. The third kappa shape index (κ3) is 4.20. The minimum atomic E-state index is 0.421. The van der Waals surface area contributed by atoms with Crippen molar-refractivity contribution in [2.45, 2.75) is 32.8 Å². The molecule has 0 N–H and O–H groups in total. The van der Waals surface area contributed by atoms with Crippen molar-refractivity contribution in [2.24, 2.45) is 11.8 Å². The van der Waals surface area contributed by atoms with E-state index in [-0.39, 0.29) is 0 Å². The second-order valence-corrected chi connectivity index (χ2v) is 4.70. The predicted molar refractivity (Wildman–Crippen MR) is 62.0 cm³/mol. The maximum Gasteiger partial charge on any atom is 0.0619 e. The lowest BCUT2D eigenvalue weighted by atomic mass is 9.99. The van der Waals surface area contributed by atoms with E-state index in [1.165, 1.54) is 0 Å². The van der Waals surface area contributed by atoms with Gasteiger partial charge in [0, 0.05) is 13.2 Å². The lowest BCUT2D eigenvalue weighted by Crippen LogP contribution is -2.27. The van der Waals surface area contributed by atoms with E-state index in [1.807, 2.05) is 0 Å². The summed E-state index contributed by atoms with van der Waals surface area (Å²) in [4.78, 5) is 0. The molecule has 14 heavy (non-hydrogen) atoms. The van der Waals surface area contributed by atoms with E-state index >= 15 is 0 Å². The molecule has 1 atom stereocenters. The first-order valence-corrected chi connectivity index (χ1v) is 6.17. The zero-order chi connectivity index (χ0) is 10.4. The fourth-order valence-electron chi connectivity index (χ4n) is 1.56. The molecule has 0 aliphatic carbocycles. The molecule has 0 radical (unpaired) electrons. The maximum atomic E-state index is 5.87. The quantitative estimate of drug-likeness (QED) is 0.714. The Bertz CT molecular complexity index is 144. The minimum Gasteiger partial charge on any atom is -0.381 e. The van der Waals surface area contributed by atoms with Crippen molar-refractivity contribution in [2.75, 3.05) is 25.6 Å². The molecule has 0 aromatic heterocycles. The third-order valence-corrected chi connectivity index (χ3v) is 3.36. The van der Waals surface area contributed by atoms with Gasteiger partial charge in [-0.2, -0.15) is 12.6 Å². The number of hydrogen-bond acceptors (Lipinski definition) is 3. The van der Waals surface area contributed by atoms with Crippen LogP contribution in [0.2, 0.25) is 0 Å². The molecule has 0 aromatic rings. The molecule has 0 spiro atoms. The highest BCUT2D eigenvalue weighted by atomic mass is 32.1. The van der Waals surface area contributed by atoms with Gasteiger partial charge in [-0.15, -0.1) is 0 Å². The van der Waals surface area contributed by atoms with Crippen LogP contribution >= 0.6 is 12.6 Å². The summed E-state index contributed by atoms with van der Waals surface area (Å²) in [5.41, 5.74) is 0. The summed E-state index contributed by atoms with van der Waals surface area (Å²) in [5.74, 6) is 2.16. The summed E-state index contributed by atoms with van der Waals surface area (Å²) >= 11 is 4.35. The lowest BCUT2D eigenvalue weighted by molar-refractivity contribution is -0.0445. The van der Waals surface area contributed by atoms with Crippen molar-refractivity contribution in [1.29, 1.82) is 0 Å². The molecule has 84 valence electrons. The van der Waals surface area contributed by atoms with E-state index < -0.39 is 0 Å². The van der Waals surface area contributed by atoms with Gasteiger partial charge in [-0.3, -0.25) is 0 Å². The van der Waals surface area contributed by atoms with Crippen LogP contribution in [0.4, 0.5) is 0 Å². The van der Waals surface area contributed by atoms with Gasteiger partial charge in [-0.05, 0) is 30.4 Å². The molecular weight excluding hydrogens is 196 g/mol. The van der Waals surface area contributed by atoms with Crippen molar-refractivity contribution in [3.63, 3.8) is 0 Å². The van der Waals surface area contributed by atoms with Crippen LogP contribution in [0.3, 0.4) is 0 Å². The Morgan fingerprint density at radius 2 is 2.00 bits per heavy atom. The first kappa shape index (κ1) is 12.3. The SMILES string of the molecule is CC(C)C(CS)COC1CCOCC1. The molecule has 3 heteroatoms. The molecule has 0 amide bonds. The van der Waals surface area contributed by atoms with Crippen molar-refractivity contribution in [3.05, 3.63) is 0 Å². The molecule has 1 aliphatic rings. The van der Waals surface area contributed by atoms with E-state index in [2.05, 4.69) is 26.5 Å². The summed E-state index contributed by atoms with van der Waals surface area (Å²) in [5, 5.41) is 0. The monoisotopic (exact) mass is 218 g/mol. The van der Waals surface area contributed by atoms with Crippen LogP contribution in [-0.2, 0) is 9.47 Å². The second kappa shape index (κ2) is 6.70. The highest BCUT2D eigenvalue weighted by molar-refractivity contribution is 7.80. The fraction of sp³-hybridized carbons (Fsp3) is 1.00. The van der Waals surface area contributed by atoms with Crippen LogP contribution in [0, 0.1) is 11.8 Å². The van der Waals surface area contributed by atoms with Gasteiger partial charge >= 0.3 is 0 Å². The van der Waals surface area contributed by atoms with Crippen LogP contribution in [-0.4, -0.2) is 31.7 Å². The first-order valence-electron chi connectivity index (χ1n) is 5.54. The molecule has 1 unspecified atom stereocenters. The summed E-state index contributed by atoms with van der Waals surface area (Å²) in [6.45, 7) is 7.03. The Hall–Kier alpha value is 0.270. The van der Waals surface area contributed by atoms with Crippen molar-refractivity contribution in [3.8, 4) is 0 Å². The van der Waals surface area contributed by atoms with Gasteiger partial charge < -0.3 is 9.47 Å². The van der Waals surface area contributed by atoms with Crippen molar-refractivity contribution in [1.82, 2.24) is 0 Å². The van der Waals surface area contributed by atoms with E-state index in [1.54, 1.807) is 0 Å². The molecule has 2 nitrogen and oxygen atoms in total. The topological polar surface area (TPSA) is 18.5 Å². The largest absolute Gasteiger partial charge is 0.381 e. The van der Waals surface area contributed by atoms with E-state index in [0.717, 1.165) is 38.4 Å². The van der Waals surface area contributed by atoms with Gasteiger partial charge in [0.2, 0.25) is 0 Å².